The van der Waals surface area contributed by atoms with Gasteiger partial charge >= 0.3 is 0 Å². The Kier molecular flexibility index (Phi) is 5.04. The van der Waals surface area contributed by atoms with Crippen LogP contribution in [0.5, 0.6) is 0 Å². The molecule has 1 fully saturated rings. The number of benzene rings is 1. The van der Waals surface area contributed by atoms with E-state index in [1.807, 2.05) is 30.3 Å². The highest BCUT2D eigenvalue weighted by Gasteiger charge is 2.37. The molecule has 1 aliphatic heterocycles. The van der Waals surface area contributed by atoms with E-state index >= 15 is 0 Å². The Hall–Kier alpha value is -1.65. The molecule has 22 heavy (non-hydrogen) atoms. The van der Waals surface area contributed by atoms with E-state index in [-0.39, 0.29) is 29.8 Å². The van der Waals surface area contributed by atoms with Crippen molar-refractivity contribution in [3.63, 3.8) is 0 Å². The summed E-state index contributed by atoms with van der Waals surface area (Å²) in [5.74, 6) is 0.0248. The molecule has 3 rings (SSSR count). The Balaban J connectivity index is 0.00000176. The van der Waals surface area contributed by atoms with Gasteiger partial charge in [0.1, 0.15) is 0 Å². The molecule has 1 atom stereocenters. The molecule has 0 saturated carbocycles. The van der Waals surface area contributed by atoms with Crippen molar-refractivity contribution in [3.05, 3.63) is 36.5 Å². The highest BCUT2D eigenvalue weighted by Crippen LogP contribution is 2.30. The highest BCUT2D eigenvalue weighted by atomic mass is 35.5. The quantitative estimate of drug-likeness (QED) is 0.892. The number of carbonyl (C=O) groups is 1. The number of piperidine rings is 1. The summed E-state index contributed by atoms with van der Waals surface area (Å²) < 4.78 is 0. The third-order valence-electron chi connectivity index (χ3n) is 4.25. The average molecular weight is 320 g/mol. The van der Waals surface area contributed by atoms with Crippen LogP contribution in [0, 0.1) is 5.41 Å². The lowest BCUT2D eigenvalue weighted by Crippen LogP contribution is -2.53. The number of amides is 1. The van der Waals surface area contributed by atoms with Gasteiger partial charge < -0.3 is 10.6 Å². The molecule has 2 aromatic rings. The summed E-state index contributed by atoms with van der Waals surface area (Å²) in [6.45, 7) is 5.18. The van der Waals surface area contributed by atoms with Crippen LogP contribution in [0.1, 0.15) is 26.7 Å². The molecule has 5 heteroatoms. The Morgan fingerprint density at radius 1 is 1.36 bits per heavy atom. The largest absolute Gasteiger partial charge is 0.323 e. The first-order valence-electron chi connectivity index (χ1n) is 7.45. The summed E-state index contributed by atoms with van der Waals surface area (Å²) in [5.41, 5.74) is 1.67. The van der Waals surface area contributed by atoms with Crippen LogP contribution in [0.25, 0.3) is 10.9 Å². The third kappa shape index (κ3) is 3.39. The smallest absolute Gasteiger partial charge is 0.242 e. The van der Waals surface area contributed by atoms with Crippen LogP contribution in [0.3, 0.4) is 0 Å². The molecule has 118 valence electrons. The van der Waals surface area contributed by atoms with Crippen molar-refractivity contribution >= 4 is 34.9 Å². The fourth-order valence-corrected chi connectivity index (χ4v) is 3.01. The number of aromatic nitrogens is 1. The van der Waals surface area contributed by atoms with Crippen molar-refractivity contribution in [1.82, 2.24) is 10.3 Å². The molecule has 1 aromatic carbocycles. The average Bonchev–Trinajstić information content (AvgIpc) is 2.46. The monoisotopic (exact) mass is 319 g/mol. The standard InChI is InChI=1S/C17H21N3O.ClH/c1-17(2)8-5-9-18-15(17)16(21)20-13-10-12-6-3-4-7-14(12)19-11-13;/h3-4,6-7,10-11,15,18H,5,8-9H2,1-2H3,(H,20,21);1H. The molecule has 0 bridgehead atoms. The van der Waals surface area contributed by atoms with E-state index in [1.165, 1.54) is 0 Å². The van der Waals surface area contributed by atoms with Crippen LogP contribution in [0.2, 0.25) is 0 Å². The zero-order chi connectivity index (χ0) is 14.9. The predicted octanol–water partition coefficient (Wildman–Crippen LogP) is 3.37. The van der Waals surface area contributed by atoms with Crippen LogP contribution < -0.4 is 10.6 Å². The summed E-state index contributed by atoms with van der Waals surface area (Å²) in [5, 5.41) is 7.36. The Bertz CT molecular complexity index is 672. The molecule has 4 nitrogen and oxygen atoms in total. The maximum Gasteiger partial charge on any atom is 0.242 e. The fourth-order valence-electron chi connectivity index (χ4n) is 3.01. The first-order valence-corrected chi connectivity index (χ1v) is 7.45. The topological polar surface area (TPSA) is 54.0 Å². The second-order valence-electron chi connectivity index (χ2n) is 6.39. The van der Waals surface area contributed by atoms with Gasteiger partial charge in [-0.15, -0.1) is 12.4 Å². The van der Waals surface area contributed by atoms with Gasteiger partial charge in [0.05, 0.1) is 23.4 Å². The van der Waals surface area contributed by atoms with Gasteiger partial charge in [0.2, 0.25) is 5.91 Å². The van der Waals surface area contributed by atoms with Crippen LogP contribution in [-0.2, 0) is 4.79 Å². The number of rotatable bonds is 2. The van der Waals surface area contributed by atoms with Crippen molar-refractivity contribution in [3.8, 4) is 0 Å². The molecule has 2 heterocycles. The molecule has 1 amide bonds. The van der Waals surface area contributed by atoms with Crippen LogP contribution in [0.4, 0.5) is 5.69 Å². The van der Waals surface area contributed by atoms with E-state index in [4.69, 9.17) is 0 Å². The normalized spacial score (nSPS) is 20.2. The minimum Gasteiger partial charge on any atom is -0.323 e. The lowest BCUT2D eigenvalue weighted by Gasteiger charge is -2.38. The minimum atomic E-state index is -0.155. The van der Waals surface area contributed by atoms with Crippen molar-refractivity contribution in [2.75, 3.05) is 11.9 Å². The Labute approximate surface area is 137 Å². The van der Waals surface area contributed by atoms with Crippen molar-refractivity contribution in [2.45, 2.75) is 32.7 Å². The molecule has 0 aliphatic carbocycles. The first kappa shape index (κ1) is 16.7. The van der Waals surface area contributed by atoms with E-state index in [0.717, 1.165) is 36.0 Å². The molecule has 1 aliphatic rings. The minimum absolute atomic E-state index is 0. The molecule has 0 radical (unpaired) electrons. The maximum absolute atomic E-state index is 12.5. The number of hydrogen-bond acceptors (Lipinski definition) is 3. The van der Waals surface area contributed by atoms with Gasteiger partial charge in [0.15, 0.2) is 0 Å². The Morgan fingerprint density at radius 3 is 2.91 bits per heavy atom. The summed E-state index contributed by atoms with van der Waals surface area (Å²) in [7, 11) is 0. The van der Waals surface area contributed by atoms with Gasteiger partial charge in [0.25, 0.3) is 0 Å². The second kappa shape index (κ2) is 6.63. The lowest BCUT2D eigenvalue weighted by molar-refractivity contribution is -0.121. The van der Waals surface area contributed by atoms with Crippen LogP contribution in [-0.4, -0.2) is 23.5 Å². The van der Waals surface area contributed by atoms with Crippen molar-refractivity contribution < 1.29 is 4.79 Å². The summed E-state index contributed by atoms with van der Waals surface area (Å²) in [6, 6.07) is 9.71. The zero-order valence-electron chi connectivity index (χ0n) is 12.9. The predicted molar refractivity (Wildman–Crippen MR) is 92.4 cm³/mol. The molecular formula is C17H22ClN3O. The molecule has 2 N–H and O–H groups in total. The number of carbonyl (C=O) groups excluding carboxylic acids is 1. The van der Waals surface area contributed by atoms with E-state index in [9.17, 15) is 4.79 Å². The van der Waals surface area contributed by atoms with Crippen LogP contribution >= 0.6 is 12.4 Å². The summed E-state index contributed by atoms with van der Waals surface area (Å²) in [4.78, 5) is 16.9. The first-order chi connectivity index (χ1) is 10.1. The molecule has 1 aromatic heterocycles. The van der Waals surface area contributed by atoms with Crippen LogP contribution in [0.15, 0.2) is 36.5 Å². The highest BCUT2D eigenvalue weighted by molar-refractivity contribution is 5.97. The number of fused-ring (bicyclic) bond motifs is 1. The third-order valence-corrected chi connectivity index (χ3v) is 4.25. The fraction of sp³-hybridized carbons (Fsp3) is 0.412. The van der Waals surface area contributed by atoms with E-state index < -0.39 is 0 Å². The SMILES string of the molecule is CC1(C)CCCNC1C(=O)Nc1cnc2ccccc2c1.Cl. The van der Waals surface area contributed by atoms with Crippen molar-refractivity contribution in [1.29, 1.82) is 0 Å². The van der Waals surface area contributed by atoms with Crippen molar-refractivity contribution in [2.24, 2.45) is 5.41 Å². The number of pyridine rings is 1. The second-order valence-corrected chi connectivity index (χ2v) is 6.39. The molecular weight excluding hydrogens is 298 g/mol. The van der Waals surface area contributed by atoms with Gasteiger partial charge in [-0.3, -0.25) is 9.78 Å². The number of hydrogen-bond donors (Lipinski definition) is 2. The van der Waals surface area contributed by atoms with E-state index in [0.29, 0.717) is 0 Å². The van der Waals surface area contributed by atoms with E-state index in [2.05, 4.69) is 29.5 Å². The van der Waals surface area contributed by atoms with E-state index in [1.54, 1.807) is 6.20 Å². The number of halogens is 1. The summed E-state index contributed by atoms with van der Waals surface area (Å²) >= 11 is 0. The summed E-state index contributed by atoms with van der Waals surface area (Å²) in [6.07, 6.45) is 3.90. The molecule has 1 unspecified atom stereocenters. The maximum atomic E-state index is 12.5. The van der Waals surface area contributed by atoms with Gasteiger partial charge in [0, 0.05) is 5.39 Å². The van der Waals surface area contributed by atoms with Gasteiger partial charge in [-0.1, -0.05) is 32.0 Å². The number of para-hydroxylation sites is 1. The number of anilines is 1. The number of nitrogens with zero attached hydrogens (tertiary/aromatic N) is 1. The lowest BCUT2D eigenvalue weighted by atomic mass is 9.77. The molecule has 0 spiro atoms. The van der Waals surface area contributed by atoms with Gasteiger partial charge in [-0.25, -0.2) is 0 Å². The van der Waals surface area contributed by atoms with Gasteiger partial charge in [-0.05, 0) is 36.9 Å². The number of nitrogens with one attached hydrogen (secondary N) is 2. The molecule has 1 saturated heterocycles. The Morgan fingerprint density at radius 2 is 2.14 bits per heavy atom. The van der Waals surface area contributed by atoms with Gasteiger partial charge in [-0.2, -0.15) is 0 Å². The zero-order valence-corrected chi connectivity index (χ0v) is 13.7.